The number of aliphatic hydroxyl groups is 3. The summed E-state index contributed by atoms with van der Waals surface area (Å²) in [6.45, 7) is 7.65. The van der Waals surface area contributed by atoms with E-state index in [4.69, 9.17) is 19.3 Å². The van der Waals surface area contributed by atoms with Crippen LogP contribution in [0.15, 0.2) is 24.0 Å². The van der Waals surface area contributed by atoms with E-state index in [0.29, 0.717) is 6.61 Å². The maximum atomic E-state index is 12.0. The molecule has 0 aromatic rings. The smallest absolute Gasteiger partial charge is 0.334 e. The highest BCUT2D eigenvalue weighted by Crippen LogP contribution is 2.79. The summed E-state index contributed by atoms with van der Waals surface area (Å²) < 4.78 is 18.1. The zero-order valence-corrected chi connectivity index (χ0v) is 17.0. The Morgan fingerprint density at radius 3 is 2.72 bits per heavy atom. The van der Waals surface area contributed by atoms with Gasteiger partial charge >= 0.3 is 5.97 Å². The molecule has 3 N–H and O–H groups in total. The first-order chi connectivity index (χ1) is 13.8. The second-order valence-corrected chi connectivity index (χ2v) is 9.71. The number of hydrogen-bond acceptors (Lipinski definition) is 7. The lowest BCUT2D eigenvalue weighted by Crippen LogP contribution is -2.66. The first kappa shape index (κ1) is 19.5. The van der Waals surface area contributed by atoms with Crippen LogP contribution in [0.3, 0.4) is 0 Å². The topological polar surface area (TPSA) is 112 Å². The Kier molecular flexibility index (Phi) is 4.09. The molecular formula is C22H30O7. The first-order valence-electron chi connectivity index (χ1n) is 10.6. The third-order valence-corrected chi connectivity index (χ3v) is 8.79. The molecule has 0 aromatic heterocycles. The summed E-state index contributed by atoms with van der Waals surface area (Å²) in [7, 11) is 0. The van der Waals surface area contributed by atoms with Crippen LogP contribution in [0.4, 0.5) is 0 Å². The minimum atomic E-state index is -0.628. The van der Waals surface area contributed by atoms with Gasteiger partial charge in [-0.05, 0) is 49.0 Å². The summed E-state index contributed by atoms with van der Waals surface area (Å²) in [4.78, 5) is 12.0. The number of fused-ring (bicyclic) bond motifs is 2. The molecule has 7 heteroatoms. The molecule has 0 bridgehead atoms. The minimum absolute atomic E-state index is 0.000494. The zero-order valence-electron chi connectivity index (χ0n) is 17.0. The molecule has 3 aliphatic heterocycles. The molecule has 160 valence electrons. The van der Waals surface area contributed by atoms with Crippen LogP contribution in [0, 0.1) is 23.2 Å². The molecule has 9 atom stereocenters. The van der Waals surface area contributed by atoms with Crippen molar-refractivity contribution in [2.75, 3.05) is 13.2 Å². The Hall–Kier alpha value is -1.41. The number of cyclic esters (lactones) is 1. The summed E-state index contributed by atoms with van der Waals surface area (Å²) in [5.41, 5.74) is 0.792. The number of carbonyl (C=O) groups is 1. The van der Waals surface area contributed by atoms with Gasteiger partial charge in [-0.3, -0.25) is 0 Å². The SMILES string of the molecule is C=CO.CC(CO)C1C[C@@H]2O[C@]23[C@]2(O[C@H]2CC2C4=C(CC[C@@]23C)C(=O)OC4)[C@@H]1O. The predicted octanol–water partition coefficient (Wildman–Crippen LogP) is 1.63. The Morgan fingerprint density at radius 2 is 2.03 bits per heavy atom. The van der Waals surface area contributed by atoms with Crippen LogP contribution in [0.1, 0.15) is 39.5 Å². The predicted molar refractivity (Wildman–Crippen MR) is 102 cm³/mol. The lowest BCUT2D eigenvalue weighted by atomic mass is 9.46. The summed E-state index contributed by atoms with van der Waals surface area (Å²) >= 11 is 0. The van der Waals surface area contributed by atoms with Crippen molar-refractivity contribution in [3.8, 4) is 0 Å². The average Bonchev–Trinajstić information content (AvgIpc) is 3.57. The molecule has 6 rings (SSSR count). The molecule has 7 nitrogen and oxygen atoms in total. The van der Waals surface area contributed by atoms with Gasteiger partial charge in [0, 0.05) is 17.6 Å². The highest BCUT2D eigenvalue weighted by molar-refractivity contribution is 5.92. The van der Waals surface area contributed by atoms with Gasteiger partial charge in [0.1, 0.15) is 12.2 Å². The third kappa shape index (κ3) is 2.10. The van der Waals surface area contributed by atoms with E-state index < -0.39 is 17.3 Å². The molecule has 2 saturated carbocycles. The van der Waals surface area contributed by atoms with Crippen LogP contribution >= 0.6 is 0 Å². The monoisotopic (exact) mass is 406 g/mol. The van der Waals surface area contributed by atoms with Crippen LogP contribution in [-0.4, -0.2) is 64.0 Å². The van der Waals surface area contributed by atoms with Crippen molar-refractivity contribution in [1.82, 2.24) is 0 Å². The van der Waals surface area contributed by atoms with Gasteiger partial charge in [0.05, 0.1) is 24.6 Å². The molecule has 6 aliphatic rings. The molecule has 4 fully saturated rings. The fourth-order valence-corrected chi connectivity index (χ4v) is 7.33. The Labute approximate surface area is 170 Å². The number of ether oxygens (including phenoxy) is 3. The molecule has 2 saturated heterocycles. The van der Waals surface area contributed by atoms with E-state index in [-0.39, 0.29) is 48.0 Å². The number of esters is 1. The highest BCUT2D eigenvalue weighted by Gasteiger charge is 2.92. The van der Waals surface area contributed by atoms with Gasteiger partial charge in [-0.25, -0.2) is 4.79 Å². The molecule has 0 radical (unpaired) electrons. The Bertz CT molecular complexity index is 792. The van der Waals surface area contributed by atoms with Crippen molar-refractivity contribution in [3.05, 3.63) is 24.0 Å². The fraction of sp³-hybridized carbons (Fsp3) is 0.773. The minimum Gasteiger partial charge on any atom is -0.516 e. The lowest BCUT2D eigenvalue weighted by molar-refractivity contribution is -0.136. The number of hydrogen-bond donors (Lipinski definition) is 3. The van der Waals surface area contributed by atoms with Crippen LogP contribution < -0.4 is 0 Å². The second-order valence-electron chi connectivity index (χ2n) is 9.71. The molecule has 3 unspecified atom stereocenters. The van der Waals surface area contributed by atoms with E-state index in [2.05, 4.69) is 13.5 Å². The maximum absolute atomic E-state index is 12.0. The quantitative estimate of drug-likeness (QED) is 0.363. The second kappa shape index (κ2) is 6.06. The third-order valence-electron chi connectivity index (χ3n) is 8.79. The van der Waals surface area contributed by atoms with Gasteiger partial charge in [-0.2, -0.15) is 0 Å². The Balaban J connectivity index is 0.000000573. The normalized spacial score (nSPS) is 51.7. The van der Waals surface area contributed by atoms with Gasteiger partial charge in [-0.1, -0.05) is 20.4 Å². The van der Waals surface area contributed by atoms with Gasteiger partial charge in [-0.15, -0.1) is 0 Å². The molecule has 29 heavy (non-hydrogen) atoms. The molecule has 2 spiro atoms. The summed E-state index contributed by atoms with van der Waals surface area (Å²) in [5.74, 6) is 0.100. The van der Waals surface area contributed by atoms with Crippen molar-refractivity contribution in [2.45, 2.75) is 69.0 Å². The van der Waals surface area contributed by atoms with E-state index in [1.807, 2.05) is 6.92 Å². The highest BCUT2D eigenvalue weighted by atomic mass is 16.7. The zero-order chi connectivity index (χ0) is 20.8. The van der Waals surface area contributed by atoms with Gasteiger partial charge in [0.25, 0.3) is 0 Å². The molecule has 0 aromatic carbocycles. The largest absolute Gasteiger partial charge is 0.516 e. The van der Waals surface area contributed by atoms with Crippen LogP contribution in [-0.2, 0) is 19.0 Å². The number of rotatable bonds is 2. The van der Waals surface area contributed by atoms with Crippen molar-refractivity contribution in [3.63, 3.8) is 0 Å². The van der Waals surface area contributed by atoms with E-state index in [1.54, 1.807) is 0 Å². The molecular weight excluding hydrogens is 376 g/mol. The number of epoxide rings is 2. The van der Waals surface area contributed by atoms with Crippen LogP contribution in [0.5, 0.6) is 0 Å². The van der Waals surface area contributed by atoms with Crippen LogP contribution in [0.2, 0.25) is 0 Å². The van der Waals surface area contributed by atoms with Crippen molar-refractivity contribution >= 4 is 5.97 Å². The number of aliphatic hydroxyl groups excluding tert-OH is 3. The Morgan fingerprint density at radius 1 is 1.31 bits per heavy atom. The maximum Gasteiger partial charge on any atom is 0.334 e. The van der Waals surface area contributed by atoms with Gasteiger partial charge < -0.3 is 29.5 Å². The van der Waals surface area contributed by atoms with Gasteiger partial charge in [0.15, 0.2) is 5.60 Å². The van der Waals surface area contributed by atoms with Crippen molar-refractivity contribution in [1.29, 1.82) is 0 Å². The fourth-order valence-electron chi connectivity index (χ4n) is 7.33. The average molecular weight is 406 g/mol. The summed E-state index contributed by atoms with van der Waals surface area (Å²) in [6.07, 6.45) is 3.37. The van der Waals surface area contributed by atoms with Crippen molar-refractivity contribution in [2.24, 2.45) is 23.2 Å². The molecule has 0 amide bonds. The van der Waals surface area contributed by atoms with E-state index >= 15 is 0 Å². The van der Waals surface area contributed by atoms with E-state index in [9.17, 15) is 15.0 Å². The summed E-state index contributed by atoms with van der Waals surface area (Å²) in [5, 5.41) is 28.2. The number of carbonyl (C=O) groups excluding carboxylic acids is 1. The molecule has 3 heterocycles. The molecule has 3 aliphatic carbocycles. The lowest BCUT2D eigenvalue weighted by Gasteiger charge is -2.54. The van der Waals surface area contributed by atoms with E-state index in [0.717, 1.165) is 43.1 Å². The van der Waals surface area contributed by atoms with Crippen molar-refractivity contribution < 1.29 is 34.3 Å². The van der Waals surface area contributed by atoms with E-state index in [1.165, 1.54) is 0 Å². The van der Waals surface area contributed by atoms with Gasteiger partial charge in [0.2, 0.25) is 0 Å². The first-order valence-corrected chi connectivity index (χ1v) is 10.6. The van der Waals surface area contributed by atoms with Crippen LogP contribution in [0.25, 0.3) is 0 Å². The standard InChI is InChI=1S/C20H26O6.C2H4O/c1-9(7-21)11-5-15-20(26-15)18(2)4-3-10-12(8-24-17(10)23)13(18)6-14-19(20,25-14)16(11)22;1-2-3/h9,11,13-16,21-22H,3-8H2,1-2H3;2-3H,1H2/t9?,11?,13?,14-,15-,16+,18-,19+,20+;/m0./s1. The summed E-state index contributed by atoms with van der Waals surface area (Å²) in [6, 6.07) is 0.